The molecule has 3 heteroatoms. The van der Waals surface area contributed by atoms with E-state index in [0.717, 1.165) is 26.2 Å². The minimum atomic E-state index is 0.591. The van der Waals surface area contributed by atoms with Crippen molar-refractivity contribution in [1.82, 2.24) is 10.2 Å². The van der Waals surface area contributed by atoms with E-state index in [-0.39, 0.29) is 0 Å². The van der Waals surface area contributed by atoms with Gasteiger partial charge in [-0.25, -0.2) is 0 Å². The van der Waals surface area contributed by atoms with Gasteiger partial charge in [-0.3, -0.25) is 0 Å². The van der Waals surface area contributed by atoms with Crippen molar-refractivity contribution in [3.05, 3.63) is 60.7 Å². The van der Waals surface area contributed by atoms with E-state index in [9.17, 15) is 0 Å². The van der Waals surface area contributed by atoms with Crippen molar-refractivity contribution in [2.45, 2.75) is 32.4 Å². The summed E-state index contributed by atoms with van der Waals surface area (Å²) in [6, 6.07) is 22.6. The molecule has 0 radical (unpaired) electrons. The van der Waals surface area contributed by atoms with Crippen LogP contribution in [0, 0.1) is 0 Å². The topological polar surface area (TPSA) is 18.5 Å². The van der Waals surface area contributed by atoms with Crippen LogP contribution >= 0.6 is 0 Å². The van der Waals surface area contributed by atoms with Crippen molar-refractivity contribution in [2.24, 2.45) is 0 Å². The van der Waals surface area contributed by atoms with Gasteiger partial charge in [0, 0.05) is 43.1 Å². The molecule has 1 N–H and O–H groups in total. The van der Waals surface area contributed by atoms with Crippen LogP contribution in [0.5, 0.6) is 0 Å². The van der Waals surface area contributed by atoms with Gasteiger partial charge in [0.25, 0.3) is 0 Å². The first-order chi connectivity index (χ1) is 11.7. The molecule has 1 saturated heterocycles. The molecule has 128 valence electrons. The van der Waals surface area contributed by atoms with E-state index in [0.29, 0.717) is 12.1 Å². The van der Waals surface area contributed by atoms with Gasteiger partial charge in [-0.2, -0.15) is 0 Å². The minimum Gasteiger partial charge on any atom is -0.341 e. The number of rotatable bonds is 6. The summed E-state index contributed by atoms with van der Waals surface area (Å²) >= 11 is 0. The predicted octanol–water partition coefficient (Wildman–Crippen LogP) is 3.90. The van der Waals surface area contributed by atoms with E-state index in [4.69, 9.17) is 0 Å². The SMILES string of the molecule is CC1CN(CCCN(c2ccccc2)c2ccccc2)C[C@H](C)N1. The molecule has 24 heavy (non-hydrogen) atoms. The standard InChI is InChI=1S/C21H29N3/c1-18-16-23(17-19(2)22-18)14-9-15-24(20-10-5-3-6-11-20)21-12-7-4-8-13-21/h3-8,10-13,18-19,22H,9,14-17H2,1-2H3/t18-,19?/m0/s1. The molecule has 2 atom stereocenters. The highest BCUT2D eigenvalue weighted by molar-refractivity contribution is 5.62. The van der Waals surface area contributed by atoms with Crippen LogP contribution in [-0.4, -0.2) is 43.2 Å². The summed E-state index contributed by atoms with van der Waals surface area (Å²) in [5.74, 6) is 0. The second-order valence-corrected chi connectivity index (χ2v) is 6.90. The first-order valence-electron chi connectivity index (χ1n) is 9.08. The van der Waals surface area contributed by atoms with Crippen LogP contribution in [-0.2, 0) is 0 Å². The summed E-state index contributed by atoms with van der Waals surface area (Å²) in [6.07, 6.45) is 1.17. The number of benzene rings is 2. The van der Waals surface area contributed by atoms with Gasteiger partial charge in [0.2, 0.25) is 0 Å². The van der Waals surface area contributed by atoms with E-state index < -0.39 is 0 Å². The van der Waals surface area contributed by atoms with Crippen molar-refractivity contribution in [1.29, 1.82) is 0 Å². The molecular weight excluding hydrogens is 294 g/mol. The van der Waals surface area contributed by atoms with E-state index in [2.05, 4.69) is 89.6 Å². The van der Waals surface area contributed by atoms with Crippen LogP contribution in [0.15, 0.2) is 60.7 Å². The Labute approximate surface area is 146 Å². The van der Waals surface area contributed by atoms with E-state index in [1.807, 2.05) is 0 Å². The normalized spacial score (nSPS) is 21.6. The van der Waals surface area contributed by atoms with Gasteiger partial charge < -0.3 is 15.1 Å². The lowest BCUT2D eigenvalue weighted by atomic mass is 10.1. The average molecular weight is 323 g/mol. The van der Waals surface area contributed by atoms with Crippen molar-refractivity contribution in [2.75, 3.05) is 31.1 Å². The Morgan fingerprint density at radius 2 is 1.38 bits per heavy atom. The third-order valence-corrected chi connectivity index (χ3v) is 4.62. The fraction of sp³-hybridized carbons (Fsp3) is 0.429. The zero-order chi connectivity index (χ0) is 16.8. The van der Waals surface area contributed by atoms with Gasteiger partial charge >= 0.3 is 0 Å². The summed E-state index contributed by atoms with van der Waals surface area (Å²) in [6.45, 7) is 9.07. The highest BCUT2D eigenvalue weighted by Gasteiger charge is 2.20. The first kappa shape index (κ1) is 17.0. The molecule has 0 aromatic heterocycles. The number of anilines is 2. The van der Waals surface area contributed by atoms with Crippen molar-refractivity contribution >= 4 is 11.4 Å². The Morgan fingerprint density at radius 3 is 1.88 bits per heavy atom. The zero-order valence-electron chi connectivity index (χ0n) is 14.9. The molecule has 1 unspecified atom stereocenters. The minimum absolute atomic E-state index is 0.591. The molecule has 3 rings (SSSR count). The smallest absolute Gasteiger partial charge is 0.0410 e. The summed E-state index contributed by atoms with van der Waals surface area (Å²) in [4.78, 5) is 5.02. The van der Waals surface area contributed by atoms with E-state index >= 15 is 0 Å². The number of nitrogens with zero attached hydrogens (tertiary/aromatic N) is 2. The summed E-state index contributed by atoms with van der Waals surface area (Å²) < 4.78 is 0. The molecule has 0 amide bonds. The molecule has 2 aromatic rings. The third-order valence-electron chi connectivity index (χ3n) is 4.62. The quantitative estimate of drug-likeness (QED) is 0.870. The molecule has 0 spiro atoms. The molecule has 3 nitrogen and oxygen atoms in total. The maximum Gasteiger partial charge on any atom is 0.0410 e. The second-order valence-electron chi connectivity index (χ2n) is 6.90. The third kappa shape index (κ3) is 4.59. The van der Waals surface area contributed by atoms with E-state index in [1.54, 1.807) is 0 Å². The molecule has 1 fully saturated rings. The fourth-order valence-electron chi connectivity index (χ4n) is 3.70. The first-order valence-corrected chi connectivity index (χ1v) is 9.08. The summed E-state index contributed by atoms with van der Waals surface area (Å²) in [7, 11) is 0. The largest absolute Gasteiger partial charge is 0.341 e. The molecule has 1 aliphatic rings. The van der Waals surface area contributed by atoms with Gasteiger partial charge in [-0.15, -0.1) is 0 Å². The Bertz CT molecular complexity index is 549. The maximum absolute atomic E-state index is 3.61. The molecule has 0 saturated carbocycles. The average Bonchev–Trinajstić information content (AvgIpc) is 2.59. The summed E-state index contributed by atoms with van der Waals surface area (Å²) in [5, 5.41) is 3.61. The maximum atomic E-state index is 3.61. The fourth-order valence-corrected chi connectivity index (χ4v) is 3.70. The van der Waals surface area contributed by atoms with Crippen molar-refractivity contribution in [3.63, 3.8) is 0 Å². The molecule has 1 aliphatic heterocycles. The van der Waals surface area contributed by atoms with Crippen LogP contribution in [0.2, 0.25) is 0 Å². The monoisotopic (exact) mass is 323 g/mol. The lowest BCUT2D eigenvalue weighted by molar-refractivity contribution is 0.173. The molecule has 1 heterocycles. The number of piperazine rings is 1. The Morgan fingerprint density at radius 1 is 0.875 bits per heavy atom. The molecule has 2 aromatic carbocycles. The molecular formula is C21H29N3. The van der Waals surface area contributed by atoms with Gasteiger partial charge in [0.1, 0.15) is 0 Å². The van der Waals surface area contributed by atoms with Crippen molar-refractivity contribution in [3.8, 4) is 0 Å². The van der Waals surface area contributed by atoms with Gasteiger partial charge in [0.15, 0.2) is 0 Å². The van der Waals surface area contributed by atoms with Crippen molar-refractivity contribution < 1.29 is 0 Å². The Kier molecular flexibility index (Phi) is 5.89. The van der Waals surface area contributed by atoms with Crippen LogP contribution in [0.3, 0.4) is 0 Å². The second kappa shape index (κ2) is 8.32. The van der Waals surface area contributed by atoms with E-state index in [1.165, 1.54) is 17.8 Å². The Balaban J connectivity index is 1.63. The van der Waals surface area contributed by atoms with Crippen LogP contribution < -0.4 is 10.2 Å². The highest BCUT2D eigenvalue weighted by atomic mass is 15.2. The zero-order valence-corrected chi connectivity index (χ0v) is 14.9. The number of hydrogen-bond donors (Lipinski definition) is 1. The van der Waals surface area contributed by atoms with Gasteiger partial charge in [0.05, 0.1) is 0 Å². The lowest BCUT2D eigenvalue weighted by Gasteiger charge is -2.36. The van der Waals surface area contributed by atoms with Crippen LogP contribution in [0.1, 0.15) is 20.3 Å². The highest BCUT2D eigenvalue weighted by Crippen LogP contribution is 2.25. The molecule has 0 aliphatic carbocycles. The van der Waals surface area contributed by atoms with Crippen LogP contribution in [0.4, 0.5) is 11.4 Å². The number of para-hydroxylation sites is 2. The van der Waals surface area contributed by atoms with Crippen LogP contribution in [0.25, 0.3) is 0 Å². The van der Waals surface area contributed by atoms with Gasteiger partial charge in [-0.05, 0) is 51.1 Å². The molecule has 0 bridgehead atoms. The van der Waals surface area contributed by atoms with Gasteiger partial charge in [-0.1, -0.05) is 36.4 Å². The lowest BCUT2D eigenvalue weighted by Crippen LogP contribution is -2.54. The number of hydrogen-bond acceptors (Lipinski definition) is 3. The Hall–Kier alpha value is -1.84. The summed E-state index contributed by atoms with van der Waals surface area (Å²) in [5.41, 5.74) is 2.54. The predicted molar refractivity (Wildman–Crippen MR) is 103 cm³/mol. The number of nitrogens with one attached hydrogen (secondary N) is 1.